The summed E-state index contributed by atoms with van der Waals surface area (Å²) in [5.41, 5.74) is 1.13. The molecule has 0 amide bonds. The monoisotopic (exact) mass is 348 g/mol. The van der Waals surface area contributed by atoms with Gasteiger partial charge in [-0.2, -0.15) is 0 Å². The molecule has 128 valence electrons. The summed E-state index contributed by atoms with van der Waals surface area (Å²) in [4.78, 5) is 13.0. The summed E-state index contributed by atoms with van der Waals surface area (Å²) in [5, 5.41) is 0.427. The van der Waals surface area contributed by atoms with Crippen molar-refractivity contribution in [3.8, 4) is 11.5 Å². The van der Waals surface area contributed by atoms with E-state index in [-0.39, 0.29) is 0 Å². The highest BCUT2D eigenvalue weighted by atomic mass is 35.5. The minimum Gasteiger partial charge on any atom is -0.497 e. The molecule has 24 heavy (non-hydrogen) atoms. The van der Waals surface area contributed by atoms with Gasteiger partial charge in [-0.15, -0.1) is 0 Å². The lowest BCUT2D eigenvalue weighted by molar-refractivity contribution is 0.245. The molecular formula is C17H21ClN4O2. The molecule has 1 aliphatic heterocycles. The molecule has 6 nitrogen and oxygen atoms in total. The number of hydrogen-bond donors (Lipinski definition) is 0. The van der Waals surface area contributed by atoms with E-state index in [1.54, 1.807) is 26.6 Å². The Balaban J connectivity index is 1.63. The summed E-state index contributed by atoms with van der Waals surface area (Å²) in [6, 6.07) is 5.90. The lowest BCUT2D eigenvalue weighted by Gasteiger charge is -2.35. The molecule has 2 heterocycles. The van der Waals surface area contributed by atoms with Crippen LogP contribution < -0.4 is 14.4 Å². The second-order valence-electron chi connectivity index (χ2n) is 5.64. The van der Waals surface area contributed by atoms with Gasteiger partial charge in [0.05, 0.1) is 26.6 Å². The van der Waals surface area contributed by atoms with E-state index in [2.05, 4.69) is 19.8 Å². The number of benzene rings is 1. The summed E-state index contributed by atoms with van der Waals surface area (Å²) in [5.74, 6) is 2.57. The molecule has 1 aromatic carbocycles. The van der Waals surface area contributed by atoms with E-state index in [1.807, 2.05) is 18.2 Å². The smallest absolute Gasteiger partial charge is 0.149 e. The van der Waals surface area contributed by atoms with Gasteiger partial charge in [0.25, 0.3) is 0 Å². The standard InChI is InChI=1S/C17H21ClN4O2/c1-23-14-3-4-15(24-2)13(9-14)12-21-5-7-22(8-6-21)17-11-19-10-16(18)20-17/h3-4,9-11H,5-8,12H2,1-2H3. The molecule has 0 atom stereocenters. The Morgan fingerprint density at radius 3 is 2.54 bits per heavy atom. The second kappa shape index (κ2) is 7.68. The van der Waals surface area contributed by atoms with E-state index < -0.39 is 0 Å². The molecule has 0 spiro atoms. The molecule has 0 N–H and O–H groups in total. The van der Waals surface area contributed by atoms with Crippen molar-refractivity contribution < 1.29 is 9.47 Å². The highest BCUT2D eigenvalue weighted by Gasteiger charge is 2.20. The third kappa shape index (κ3) is 3.88. The van der Waals surface area contributed by atoms with Crippen LogP contribution in [0.2, 0.25) is 5.15 Å². The first-order chi connectivity index (χ1) is 11.7. The van der Waals surface area contributed by atoms with Crippen LogP contribution in [0.15, 0.2) is 30.6 Å². The van der Waals surface area contributed by atoms with Crippen LogP contribution in [0.3, 0.4) is 0 Å². The van der Waals surface area contributed by atoms with Gasteiger partial charge in [0.15, 0.2) is 0 Å². The number of rotatable bonds is 5. The number of anilines is 1. The van der Waals surface area contributed by atoms with Crippen molar-refractivity contribution >= 4 is 17.4 Å². The van der Waals surface area contributed by atoms with Crippen LogP contribution in [0.4, 0.5) is 5.82 Å². The van der Waals surface area contributed by atoms with Crippen molar-refractivity contribution in [2.75, 3.05) is 45.3 Å². The molecule has 0 unspecified atom stereocenters. The van der Waals surface area contributed by atoms with Crippen LogP contribution in [0.5, 0.6) is 11.5 Å². The lowest BCUT2D eigenvalue weighted by atomic mass is 10.1. The molecule has 1 fully saturated rings. The van der Waals surface area contributed by atoms with Crippen molar-refractivity contribution in [1.82, 2.24) is 14.9 Å². The number of hydrogen-bond acceptors (Lipinski definition) is 6. The van der Waals surface area contributed by atoms with E-state index in [1.165, 1.54) is 0 Å². The van der Waals surface area contributed by atoms with Gasteiger partial charge in [-0.25, -0.2) is 4.98 Å². The predicted molar refractivity (Wildman–Crippen MR) is 94.1 cm³/mol. The molecule has 1 saturated heterocycles. The van der Waals surface area contributed by atoms with Gasteiger partial charge in [-0.05, 0) is 18.2 Å². The third-order valence-electron chi connectivity index (χ3n) is 4.17. The highest BCUT2D eigenvalue weighted by Crippen LogP contribution is 2.26. The molecule has 0 aliphatic carbocycles. The largest absolute Gasteiger partial charge is 0.497 e. The van der Waals surface area contributed by atoms with Gasteiger partial charge in [-0.3, -0.25) is 9.88 Å². The maximum atomic E-state index is 5.93. The van der Waals surface area contributed by atoms with Crippen LogP contribution in [0.1, 0.15) is 5.56 Å². The van der Waals surface area contributed by atoms with E-state index in [0.29, 0.717) is 5.15 Å². The quantitative estimate of drug-likeness (QED) is 0.827. The van der Waals surface area contributed by atoms with Crippen LogP contribution in [0.25, 0.3) is 0 Å². The van der Waals surface area contributed by atoms with Crippen LogP contribution in [-0.2, 0) is 6.54 Å². The van der Waals surface area contributed by atoms with Crippen molar-refractivity contribution in [2.45, 2.75) is 6.54 Å². The number of aromatic nitrogens is 2. The van der Waals surface area contributed by atoms with Crippen LogP contribution in [0, 0.1) is 0 Å². The zero-order chi connectivity index (χ0) is 16.9. The van der Waals surface area contributed by atoms with Gasteiger partial charge < -0.3 is 14.4 Å². The summed E-state index contributed by atoms with van der Waals surface area (Å²) in [6.07, 6.45) is 3.31. The maximum Gasteiger partial charge on any atom is 0.149 e. The first-order valence-electron chi connectivity index (χ1n) is 7.85. The second-order valence-corrected chi connectivity index (χ2v) is 6.03. The van der Waals surface area contributed by atoms with Crippen molar-refractivity contribution in [2.24, 2.45) is 0 Å². The SMILES string of the molecule is COc1ccc(OC)c(CN2CCN(c3cncc(Cl)n3)CC2)c1. The van der Waals surface area contributed by atoms with E-state index >= 15 is 0 Å². The predicted octanol–water partition coefficient (Wildman–Crippen LogP) is 2.47. The molecule has 1 aliphatic rings. The van der Waals surface area contributed by atoms with Gasteiger partial charge in [-0.1, -0.05) is 11.6 Å². The Morgan fingerprint density at radius 2 is 1.88 bits per heavy atom. The van der Waals surface area contributed by atoms with E-state index in [0.717, 1.165) is 55.6 Å². The third-order valence-corrected chi connectivity index (χ3v) is 4.35. The number of piperazine rings is 1. The average Bonchev–Trinajstić information content (AvgIpc) is 2.62. The van der Waals surface area contributed by atoms with Gasteiger partial charge in [0.2, 0.25) is 0 Å². The Bertz CT molecular complexity index is 690. The fourth-order valence-electron chi connectivity index (χ4n) is 2.87. The van der Waals surface area contributed by atoms with Gasteiger partial charge in [0.1, 0.15) is 22.5 Å². The number of methoxy groups -OCH3 is 2. The molecule has 0 saturated carbocycles. The normalized spacial score (nSPS) is 15.4. The fourth-order valence-corrected chi connectivity index (χ4v) is 3.01. The van der Waals surface area contributed by atoms with Crippen LogP contribution in [-0.4, -0.2) is 55.3 Å². The molecule has 3 rings (SSSR count). The lowest BCUT2D eigenvalue weighted by Crippen LogP contribution is -2.46. The summed E-state index contributed by atoms with van der Waals surface area (Å²) in [6.45, 7) is 4.49. The first kappa shape index (κ1) is 16.8. The molecule has 1 aromatic heterocycles. The van der Waals surface area contributed by atoms with E-state index in [4.69, 9.17) is 21.1 Å². The van der Waals surface area contributed by atoms with E-state index in [9.17, 15) is 0 Å². The number of nitrogens with zero attached hydrogens (tertiary/aromatic N) is 4. The minimum atomic E-state index is 0.427. The van der Waals surface area contributed by atoms with Crippen molar-refractivity contribution in [1.29, 1.82) is 0 Å². The van der Waals surface area contributed by atoms with Crippen molar-refractivity contribution in [3.05, 3.63) is 41.3 Å². The summed E-state index contributed by atoms with van der Waals surface area (Å²) >= 11 is 5.93. The number of ether oxygens (including phenoxy) is 2. The molecule has 7 heteroatoms. The highest BCUT2D eigenvalue weighted by molar-refractivity contribution is 6.29. The minimum absolute atomic E-state index is 0.427. The zero-order valence-corrected chi connectivity index (χ0v) is 14.7. The fraction of sp³-hybridized carbons (Fsp3) is 0.412. The molecule has 2 aromatic rings. The first-order valence-corrected chi connectivity index (χ1v) is 8.23. The van der Waals surface area contributed by atoms with Crippen molar-refractivity contribution in [3.63, 3.8) is 0 Å². The Labute approximate surface area is 147 Å². The molecule has 0 radical (unpaired) electrons. The average molecular weight is 349 g/mol. The van der Waals surface area contributed by atoms with Crippen LogP contribution >= 0.6 is 11.6 Å². The maximum absolute atomic E-state index is 5.93. The molecule has 0 bridgehead atoms. The Kier molecular flexibility index (Phi) is 5.37. The molecular weight excluding hydrogens is 328 g/mol. The Hall–Kier alpha value is -2.05. The van der Waals surface area contributed by atoms with Gasteiger partial charge in [0, 0.05) is 38.3 Å². The topological polar surface area (TPSA) is 50.7 Å². The Morgan fingerprint density at radius 1 is 1.08 bits per heavy atom. The summed E-state index contributed by atoms with van der Waals surface area (Å²) in [7, 11) is 3.37. The number of halogens is 1. The summed E-state index contributed by atoms with van der Waals surface area (Å²) < 4.78 is 10.8. The van der Waals surface area contributed by atoms with Gasteiger partial charge >= 0.3 is 0 Å². The zero-order valence-electron chi connectivity index (χ0n) is 13.9.